The normalized spacial score (nSPS) is 17.4. The average molecular weight is 446 g/mol. The van der Waals surface area contributed by atoms with E-state index in [2.05, 4.69) is 19.2 Å². The second-order valence-electron chi connectivity index (χ2n) is 9.78. The van der Waals surface area contributed by atoms with Crippen LogP contribution in [-0.4, -0.2) is 50.9 Å². The Labute approximate surface area is 192 Å². The van der Waals surface area contributed by atoms with Crippen LogP contribution in [0, 0.1) is 23.2 Å². The SMILES string of the molecule is COC[C@H](CC(C)C)C(=O)C[C@@H](COC)C(=O)N[C@@H](Cc1ccccc1)C(=O)C1(C)CC1. The van der Waals surface area contributed by atoms with Crippen LogP contribution in [0.15, 0.2) is 30.3 Å². The summed E-state index contributed by atoms with van der Waals surface area (Å²) in [6, 6.07) is 9.08. The highest BCUT2D eigenvalue weighted by Crippen LogP contribution is 2.46. The fourth-order valence-electron chi connectivity index (χ4n) is 4.10. The molecule has 0 aromatic heterocycles. The molecule has 1 aromatic carbocycles. The van der Waals surface area contributed by atoms with E-state index in [1.54, 1.807) is 7.11 Å². The molecule has 32 heavy (non-hydrogen) atoms. The van der Waals surface area contributed by atoms with Crippen LogP contribution in [0.1, 0.15) is 52.0 Å². The number of methoxy groups -OCH3 is 2. The van der Waals surface area contributed by atoms with Crippen molar-refractivity contribution in [2.45, 2.75) is 58.9 Å². The van der Waals surface area contributed by atoms with Gasteiger partial charge in [0.1, 0.15) is 5.78 Å². The van der Waals surface area contributed by atoms with Gasteiger partial charge in [-0.3, -0.25) is 14.4 Å². The minimum atomic E-state index is -0.642. The van der Waals surface area contributed by atoms with Crippen LogP contribution < -0.4 is 5.32 Å². The van der Waals surface area contributed by atoms with Gasteiger partial charge in [-0.1, -0.05) is 51.1 Å². The molecule has 1 fully saturated rings. The van der Waals surface area contributed by atoms with E-state index < -0.39 is 12.0 Å². The maximum Gasteiger partial charge on any atom is 0.226 e. The van der Waals surface area contributed by atoms with Gasteiger partial charge >= 0.3 is 0 Å². The highest BCUT2D eigenvalue weighted by molar-refractivity contribution is 5.96. The highest BCUT2D eigenvalue weighted by atomic mass is 16.5. The first-order valence-corrected chi connectivity index (χ1v) is 11.6. The van der Waals surface area contributed by atoms with Crippen molar-refractivity contribution in [3.8, 4) is 0 Å². The highest BCUT2D eigenvalue weighted by Gasteiger charge is 2.48. The van der Waals surface area contributed by atoms with Crippen LogP contribution in [-0.2, 0) is 30.3 Å². The second-order valence-corrected chi connectivity index (χ2v) is 9.78. The molecule has 1 aromatic rings. The van der Waals surface area contributed by atoms with E-state index in [0.717, 1.165) is 18.4 Å². The Balaban J connectivity index is 2.12. The molecule has 6 heteroatoms. The van der Waals surface area contributed by atoms with Gasteiger partial charge in [0, 0.05) is 32.0 Å². The maximum absolute atomic E-state index is 13.2. The summed E-state index contributed by atoms with van der Waals surface area (Å²) in [5.74, 6) is -0.788. The number of nitrogens with one attached hydrogen (secondary N) is 1. The third kappa shape index (κ3) is 7.82. The summed E-state index contributed by atoms with van der Waals surface area (Å²) < 4.78 is 10.5. The van der Waals surface area contributed by atoms with Crippen molar-refractivity contribution in [1.29, 1.82) is 0 Å². The zero-order chi connectivity index (χ0) is 23.7. The van der Waals surface area contributed by atoms with Crippen molar-refractivity contribution in [3.63, 3.8) is 0 Å². The fourth-order valence-corrected chi connectivity index (χ4v) is 4.10. The molecular weight excluding hydrogens is 406 g/mol. The molecule has 0 saturated heterocycles. The number of ketones is 2. The van der Waals surface area contributed by atoms with E-state index in [4.69, 9.17) is 9.47 Å². The summed E-state index contributed by atoms with van der Waals surface area (Å²) in [6.07, 6.45) is 2.92. The fraction of sp³-hybridized carbons (Fsp3) is 0.654. The number of hydrogen-bond donors (Lipinski definition) is 1. The second kappa shape index (κ2) is 12.3. The van der Waals surface area contributed by atoms with E-state index in [9.17, 15) is 14.4 Å². The molecule has 1 saturated carbocycles. The topological polar surface area (TPSA) is 81.7 Å². The van der Waals surface area contributed by atoms with Crippen LogP contribution in [0.3, 0.4) is 0 Å². The van der Waals surface area contributed by atoms with E-state index in [1.807, 2.05) is 37.3 Å². The molecule has 2 rings (SSSR count). The van der Waals surface area contributed by atoms with Gasteiger partial charge in [0.2, 0.25) is 5.91 Å². The predicted octanol–water partition coefficient (Wildman–Crippen LogP) is 3.61. The minimum absolute atomic E-state index is 0.00200. The molecular formula is C26H39NO5. The van der Waals surface area contributed by atoms with Crippen molar-refractivity contribution in [1.82, 2.24) is 5.32 Å². The lowest BCUT2D eigenvalue weighted by Crippen LogP contribution is -2.48. The molecule has 3 atom stereocenters. The summed E-state index contributed by atoms with van der Waals surface area (Å²) in [5, 5.41) is 2.96. The van der Waals surface area contributed by atoms with Gasteiger partial charge in [0.05, 0.1) is 25.2 Å². The molecule has 0 radical (unpaired) electrons. The first kappa shape index (κ1) is 26.2. The van der Waals surface area contributed by atoms with E-state index >= 15 is 0 Å². The van der Waals surface area contributed by atoms with Gasteiger partial charge in [-0.2, -0.15) is 0 Å². The van der Waals surface area contributed by atoms with Crippen molar-refractivity contribution in [3.05, 3.63) is 35.9 Å². The Kier molecular flexibility index (Phi) is 10.0. The monoisotopic (exact) mass is 445 g/mol. The number of carbonyl (C=O) groups is 3. The molecule has 0 spiro atoms. The Hall–Kier alpha value is -2.05. The molecule has 1 aliphatic rings. The average Bonchev–Trinajstić information content (AvgIpc) is 3.51. The molecule has 0 aliphatic heterocycles. The number of benzene rings is 1. The summed E-state index contributed by atoms with van der Waals surface area (Å²) >= 11 is 0. The third-order valence-electron chi connectivity index (χ3n) is 6.28. The Morgan fingerprint density at radius 1 is 1.00 bits per heavy atom. The van der Waals surface area contributed by atoms with E-state index in [1.165, 1.54) is 7.11 Å². The molecule has 0 unspecified atom stereocenters. The smallest absolute Gasteiger partial charge is 0.226 e. The zero-order valence-electron chi connectivity index (χ0n) is 20.2. The minimum Gasteiger partial charge on any atom is -0.384 e. The first-order chi connectivity index (χ1) is 15.2. The van der Waals surface area contributed by atoms with Crippen LogP contribution in [0.25, 0.3) is 0 Å². The van der Waals surface area contributed by atoms with E-state index in [0.29, 0.717) is 25.4 Å². The summed E-state index contributed by atoms with van der Waals surface area (Å²) in [5.41, 5.74) is 0.631. The van der Waals surface area contributed by atoms with E-state index in [-0.39, 0.29) is 41.8 Å². The standard InChI is InChI=1S/C26H39NO5/c1-18(2)13-20(16-31-4)23(28)15-21(17-32-5)25(30)27-22(24(29)26(3)11-12-26)14-19-9-7-6-8-10-19/h6-10,18,20-22H,11-17H2,1-5H3,(H,27,30)/t20-,21-,22-/m0/s1. The largest absolute Gasteiger partial charge is 0.384 e. The van der Waals surface area contributed by atoms with Gasteiger partial charge < -0.3 is 14.8 Å². The summed E-state index contributed by atoms with van der Waals surface area (Å²) in [7, 11) is 3.10. The van der Waals surface area contributed by atoms with Gasteiger partial charge in [0.25, 0.3) is 0 Å². The Morgan fingerprint density at radius 3 is 2.12 bits per heavy atom. The van der Waals surface area contributed by atoms with Crippen molar-refractivity contribution in [2.75, 3.05) is 27.4 Å². The Bertz CT molecular complexity index is 757. The molecule has 1 aliphatic carbocycles. The summed E-state index contributed by atoms with van der Waals surface area (Å²) in [6.45, 7) is 6.55. The number of rotatable bonds is 15. The van der Waals surface area contributed by atoms with Crippen molar-refractivity contribution < 1.29 is 23.9 Å². The van der Waals surface area contributed by atoms with Crippen LogP contribution in [0.2, 0.25) is 0 Å². The summed E-state index contributed by atoms with van der Waals surface area (Å²) in [4.78, 5) is 39.3. The lowest BCUT2D eigenvalue weighted by molar-refractivity contribution is -0.136. The molecule has 178 valence electrons. The lowest BCUT2D eigenvalue weighted by Gasteiger charge is -2.25. The molecule has 0 heterocycles. The quantitative estimate of drug-likeness (QED) is 0.446. The number of hydrogen-bond acceptors (Lipinski definition) is 5. The Morgan fingerprint density at radius 2 is 1.59 bits per heavy atom. The molecule has 0 bridgehead atoms. The predicted molar refractivity (Wildman–Crippen MR) is 124 cm³/mol. The van der Waals surface area contributed by atoms with Gasteiger partial charge in [0.15, 0.2) is 5.78 Å². The number of carbonyl (C=O) groups excluding carboxylic acids is 3. The number of ether oxygens (including phenoxy) is 2. The van der Waals surface area contributed by atoms with Gasteiger partial charge in [-0.15, -0.1) is 0 Å². The van der Waals surface area contributed by atoms with Crippen molar-refractivity contribution >= 4 is 17.5 Å². The van der Waals surface area contributed by atoms with Crippen molar-refractivity contribution in [2.24, 2.45) is 23.2 Å². The third-order valence-corrected chi connectivity index (χ3v) is 6.28. The van der Waals surface area contributed by atoms with Gasteiger partial charge in [-0.25, -0.2) is 0 Å². The lowest BCUT2D eigenvalue weighted by atomic mass is 9.88. The van der Waals surface area contributed by atoms with Crippen LogP contribution in [0.5, 0.6) is 0 Å². The number of amides is 1. The molecule has 1 N–H and O–H groups in total. The number of Topliss-reactive ketones (excluding diaryl/α,β-unsaturated/α-hetero) is 2. The molecule has 1 amide bonds. The van der Waals surface area contributed by atoms with Gasteiger partial charge in [-0.05, 0) is 37.2 Å². The first-order valence-electron chi connectivity index (χ1n) is 11.6. The maximum atomic E-state index is 13.2. The molecule has 6 nitrogen and oxygen atoms in total. The van der Waals surface area contributed by atoms with Crippen LogP contribution in [0.4, 0.5) is 0 Å². The van der Waals surface area contributed by atoms with Crippen LogP contribution >= 0.6 is 0 Å². The zero-order valence-corrected chi connectivity index (χ0v) is 20.2.